The maximum Gasteiger partial charge on any atom is 0.227 e. The summed E-state index contributed by atoms with van der Waals surface area (Å²) in [5.41, 5.74) is 6.75. The van der Waals surface area contributed by atoms with Crippen molar-refractivity contribution in [2.75, 3.05) is 11.1 Å². The number of benzene rings is 1. The highest BCUT2D eigenvalue weighted by Crippen LogP contribution is 2.30. The van der Waals surface area contributed by atoms with E-state index in [0.29, 0.717) is 0 Å². The summed E-state index contributed by atoms with van der Waals surface area (Å²) in [5.74, 6) is 0.994. The summed E-state index contributed by atoms with van der Waals surface area (Å²) in [6, 6.07) is 8.06. The van der Waals surface area contributed by atoms with Crippen LogP contribution in [0.4, 0.5) is 5.69 Å². The van der Waals surface area contributed by atoms with Crippen LogP contribution in [0.1, 0.15) is 19.3 Å². The van der Waals surface area contributed by atoms with Crippen molar-refractivity contribution in [1.82, 2.24) is 0 Å². The van der Waals surface area contributed by atoms with E-state index in [2.05, 4.69) is 11.9 Å². The minimum atomic E-state index is 0.0625. The molecule has 3 nitrogen and oxygen atoms in total. The summed E-state index contributed by atoms with van der Waals surface area (Å²) in [5, 5.41) is 3.03. The molecule has 1 fully saturated rings. The highest BCUT2D eigenvalue weighted by molar-refractivity contribution is 7.99. The molecule has 2 atom stereocenters. The van der Waals surface area contributed by atoms with E-state index >= 15 is 0 Å². The van der Waals surface area contributed by atoms with Crippen LogP contribution in [-0.4, -0.2) is 17.7 Å². The van der Waals surface area contributed by atoms with Crippen LogP contribution < -0.4 is 11.1 Å². The molecule has 0 bridgehead atoms. The second-order valence-electron chi connectivity index (χ2n) is 4.86. The SMILES string of the molecule is C=CCSc1ccccc1NC(=O)C1CCC(N)C1. The second kappa shape index (κ2) is 6.78. The van der Waals surface area contributed by atoms with Gasteiger partial charge in [-0.1, -0.05) is 18.2 Å². The van der Waals surface area contributed by atoms with E-state index in [9.17, 15) is 4.79 Å². The van der Waals surface area contributed by atoms with Crippen molar-refractivity contribution in [3.05, 3.63) is 36.9 Å². The van der Waals surface area contributed by atoms with Crippen LogP contribution in [0.15, 0.2) is 41.8 Å². The monoisotopic (exact) mass is 276 g/mol. The van der Waals surface area contributed by atoms with Gasteiger partial charge in [0.1, 0.15) is 0 Å². The molecule has 0 radical (unpaired) electrons. The average molecular weight is 276 g/mol. The van der Waals surface area contributed by atoms with Crippen molar-refractivity contribution in [2.24, 2.45) is 11.7 Å². The first-order valence-corrected chi connectivity index (χ1v) is 7.58. The molecule has 3 N–H and O–H groups in total. The van der Waals surface area contributed by atoms with Gasteiger partial charge in [0, 0.05) is 22.6 Å². The molecule has 19 heavy (non-hydrogen) atoms. The van der Waals surface area contributed by atoms with Crippen molar-refractivity contribution >= 4 is 23.4 Å². The van der Waals surface area contributed by atoms with E-state index in [-0.39, 0.29) is 17.9 Å². The van der Waals surface area contributed by atoms with Crippen molar-refractivity contribution < 1.29 is 4.79 Å². The molecular formula is C15H20N2OS. The van der Waals surface area contributed by atoms with Crippen LogP contribution in [-0.2, 0) is 4.79 Å². The first kappa shape index (κ1) is 14.2. The molecule has 2 rings (SSSR count). The third-order valence-electron chi connectivity index (χ3n) is 3.35. The molecule has 0 aliphatic heterocycles. The molecule has 0 saturated heterocycles. The molecule has 1 aromatic rings. The number of nitrogens with two attached hydrogens (primary N) is 1. The van der Waals surface area contributed by atoms with Gasteiger partial charge in [0.05, 0.1) is 5.69 Å². The lowest BCUT2D eigenvalue weighted by Gasteiger charge is -2.13. The Morgan fingerprint density at radius 3 is 2.95 bits per heavy atom. The van der Waals surface area contributed by atoms with Crippen molar-refractivity contribution in [1.29, 1.82) is 0 Å². The zero-order valence-electron chi connectivity index (χ0n) is 11.0. The van der Waals surface area contributed by atoms with Gasteiger partial charge in [0.2, 0.25) is 5.91 Å². The molecule has 1 aromatic carbocycles. The minimum Gasteiger partial charge on any atom is -0.328 e. The highest BCUT2D eigenvalue weighted by Gasteiger charge is 2.27. The fraction of sp³-hybridized carbons (Fsp3) is 0.400. The van der Waals surface area contributed by atoms with E-state index in [1.54, 1.807) is 11.8 Å². The van der Waals surface area contributed by atoms with Crippen LogP contribution in [0, 0.1) is 5.92 Å². The van der Waals surface area contributed by atoms with Gasteiger partial charge in [-0.05, 0) is 31.4 Å². The molecule has 4 heteroatoms. The van der Waals surface area contributed by atoms with E-state index in [1.165, 1.54) is 0 Å². The van der Waals surface area contributed by atoms with Crippen molar-refractivity contribution in [3.63, 3.8) is 0 Å². The molecule has 0 heterocycles. The Morgan fingerprint density at radius 2 is 2.26 bits per heavy atom. The highest BCUT2D eigenvalue weighted by atomic mass is 32.2. The minimum absolute atomic E-state index is 0.0625. The zero-order valence-corrected chi connectivity index (χ0v) is 11.8. The number of hydrogen-bond acceptors (Lipinski definition) is 3. The molecule has 1 saturated carbocycles. The van der Waals surface area contributed by atoms with Gasteiger partial charge in [-0.2, -0.15) is 0 Å². The average Bonchev–Trinajstić information content (AvgIpc) is 2.84. The molecule has 1 amide bonds. The molecule has 1 aliphatic rings. The van der Waals surface area contributed by atoms with Gasteiger partial charge < -0.3 is 11.1 Å². The third kappa shape index (κ3) is 3.85. The summed E-state index contributed by atoms with van der Waals surface area (Å²) >= 11 is 1.67. The number of amides is 1. The van der Waals surface area contributed by atoms with E-state index in [0.717, 1.165) is 35.6 Å². The Kier molecular flexibility index (Phi) is 5.05. The molecule has 0 aromatic heterocycles. The lowest BCUT2D eigenvalue weighted by Crippen LogP contribution is -2.23. The molecule has 102 valence electrons. The Balaban J connectivity index is 2.01. The van der Waals surface area contributed by atoms with Crippen LogP contribution >= 0.6 is 11.8 Å². The number of carbonyl (C=O) groups is 1. The normalized spacial score (nSPS) is 22.2. The molecule has 0 spiro atoms. The fourth-order valence-corrected chi connectivity index (χ4v) is 3.08. The van der Waals surface area contributed by atoms with E-state index < -0.39 is 0 Å². The van der Waals surface area contributed by atoms with Crippen LogP contribution in [0.5, 0.6) is 0 Å². The van der Waals surface area contributed by atoms with Crippen LogP contribution in [0.2, 0.25) is 0 Å². The number of carbonyl (C=O) groups excluding carboxylic acids is 1. The topological polar surface area (TPSA) is 55.1 Å². The summed E-state index contributed by atoms with van der Waals surface area (Å²) in [6.45, 7) is 3.72. The number of anilines is 1. The fourth-order valence-electron chi connectivity index (χ4n) is 2.33. The smallest absolute Gasteiger partial charge is 0.227 e. The lowest BCUT2D eigenvalue weighted by atomic mass is 10.1. The number of thioether (sulfide) groups is 1. The van der Waals surface area contributed by atoms with Crippen LogP contribution in [0.3, 0.4) is 0 Å². The molecular weight excluding hydrogens is 256 g/mol. The lowest BCUT2D eigenvalue weighted by molar-refractivity contribution is -0.119. The number of rotatable bonds is 5. The first-order chi connectivity index (χ1) is 9.20. The first-order valence-electron chi connectivity index (χ1n) is 6.60. The van der Waals surface area contributed by atoms with Gasteiger partial charge in [-0.15, -0.1) is 18.3 Å². The Morgan fingerprint density at radius 1 is 1.47 bits per heavy atom. The van der Waals surface area contributed by atoms with Gasteiger partial charge in [0.15, 0.2) is 0 Å². The molecule has 1 aliphatic carbocycles. The summed E-state index contributed by atoms with van der Waals surface area (Å²) < 4.78 is 0. The Bertz CT molecular complexity index is 461. The quantitative estimate of drug-likeness (QED) is 0.642. The van der Waals surface area contributed by atoms with Crippen molar-refractivity contribution in [2.45, 2.75) is 30.2 Å². The second-order valence-corrected chi connectivity index (χ2v) is 5.92. The Hall–Kier alpha value is -1.26. The van der Waals surface area contributed by atoms with E-state index in [1.807, 2.05) is 30.3 Å². The molecule has 2 unspecified atom stereocenters. The van der Waals surface area contributed by atoms with E-state index in [4.69, 9.17) is 5.73 Å². The largest absolute Gasteiger partial charge is 0.328 e. The maximum absolute atomic E-state index is 12.2. The van der Waals surface area contributed by atoms with Crippen molar-refractivity contribution in [3.8, 4) is 0 Å². The number of hydrogen-bond donors (Lipinski definition) is 2. The van der Waals surface area contributed by atoms with Gasteiger partial charge >= 0.3 is 0 Å². The summed E-state index contributed by atoms with van der Waals surface area (Å²) in [7, 11) is 0. The predicted octanol–water partition coefficient (Wildman–Crippen LogP) is 3.03. The summed E-state index contributed by atoms with van der Waals surface area (Å²) in [4.78, 5) is 13.3. The third-order valence-corrected chi connectivity index (χ3v) is 4.41. The standard InChI is InChI=1S/C15H20N2OS/c1-2-9-19-14-6-4-3-5-13(14)17-15(18)11-7-8-12(16)10-11/h2-6,11-12H,1,7-10,16H2,(H,17,18). The zero-order chi connectivity index (χ0) is 13.7. The predicted molar refractivity (Wildman–Crippen MR) is 81.3 cm³/mol. The maximum atomic E-state index is 12.2. The Labute approximate surface area is 118 Å². The summed E-state index contributed by atoms with van der Waals surface area (Å²) in [6.07, 6.45) is 4.51. The van der Waals surface area contributed by atoms with Gasteiger partial charge in [0.25, 0.3) is 0 Å². The van der Waals surface area contributed by atoms with Gasteiger partial charge in [-0.3, -0.25) is 4.79 Å². The number of nitrogens with one attached hydrogen (secondary N) is 1. The van der Waals surface area contributed by atoms with Gasteiger partial charge in [-0.25, -0.2) is 0 Å². The number of para-hydroxylation sites is 1. The van der Waals surface area contributed by atoms with Crippen LogP contribution in [0.25, 0.3) is 0 Å².